The van der Waals surface area contributed by atoms with Gasteiger partial charge in [-0.3, -0.25) is 10.8 Å². The van der Waals surface area contributed by atoms with Gasteiger partial charge in [-0.15, -0.1) is 0 Å². The molecule has 0 bridgehead atoms. The highest BCUT2D eigenvalue weighted by atomic mass is 15.1. The maximum Gasteiger partial charge on any atom is 0.193 e. The monoisotopic (exact) mass is 209 g/mol. The summed E-state index contributed by atoms with van der Waals surface area (Å²) in [6.45, 7) is 1.48. The van der Waals surface area contributed by atoms with Gasteiger partial charge in [-0.05, 0) is 18.9 Å². The second kappa shape index (κ2) is 5.80. The zero-order valence-electron chi connectivity index (χ0n) is 13.4. The van der Waals surface area contributed by atoms with Gasteiger partial charge in [-0.25, -0.2) is 0 Å². The molecule has 0 saturated carbocycles. The average Bonchev–Trinajstić information content (AvgIpc) is 2.37. The van der Waals surface area contributed by atoms with E-state index < -0.39 is 6.40 Å². The molecule has 1 unspecified atom stereocenters. The Balaban J connectivity index is 2.81. The molecule has 4 nitrogen and oxygen atoms in total. The predicted octanol–water partition coefficient (Wildman–Crippen LogP) is 1.34. The van der Waals surface area contributed by atoms with E-state index in [1.807, 2.05) is 0 Å². The molecular weight excluding hydrogens is 188 g/mol. The van der Waals surface area contributed by atoms with Gasteiger partial charge < -0.3 is 10.6 Å². The molecule has 0 aliphatic carbocycles. The highest BCUT2D eigenvalue weighted by molar-refractivity contribution is 5.95. The van der Waals surface area contributed by atoms with Crippen LogP contribution in [-0.4, -0.2) is 18.3 Å². The summed E-state index contributed by atoms with van der Waals surface area (Å²) in [5.74, 6) is -0.0405. The molecule has 0 radical (unpaired) electrons. The molecule has 80 valence electrons. The normalized spacial score (nSPS) is 16.2. The first-order chi connectivity index (χ1) is 9.23. The minimum Gasteiger partial charge on any atom is -0.356 e. The SMILES string of the molecule is [2H]c1cc(C([2H])CNC(=N)NC(C)=N)c([2H])c([2H])c1[2H]. The number of hydrogen-bond donors (Lipinski definition) is 4. The Kier molecular flexibility index (Phi) is 2.28. The number of hydrogen-bond acceptors (Lipinski definition) is 2. The number of benzene rings is 1. The second-order valence-electron chi connectivity index (χ2n) is 2.83. The summed E-state index contributed by atoms with van der Waals surface area (Å²) in [6, 6.07) is 0.111. The highest BCUT2D eigenvalue weighted by Crippen LogP contribution is 1.97. The molecule has 0 spiro atoms. The summed E-state index contributed by atoms with van der Waals surface area (Å²) < 4.78 is 38.1. The summed E-state index contributed by atoms with van der Waals surface area (Å²) in [4.78, 5) is 0. The first kappa shape index (κ1) is 5.90. The summed E-state index contributed by atoms with van der Waals surface area (Å²) in [6.07, 6.45) is -0.940. The molecule has 0 aromatic heterocycles. The molecular formula is C11H16N4. The smallest absolute Gasteiger partial charge is 0.193 e. The Labute approximate surface area is 96.8 Å². The van der Waals surface area contributed by atoms with Crippen LogP contribution in [0, 0.1) is 10.8 Å². The Bertz CT molecular complexity index is 546. The molecule has 0 saturated heterocycles. The molecule has 1 atom stereocenters. The first-order valence-electron chi connectivity index (χ1n) is 6.96. The molecule has 0 fully saturated rings. The third-order valence-electron chi connectivity index (χ3n) is 1.48. The summed E-state index contributed by atoms with van der Waals surface area (Å²) in [5, 5.41) is 19.6. The van der Waals surface area contributed by atoms with Crippen LogP contribution < -0.4 is 10.6 Å². The van der Waals surface area contributed by atoms with E-state index in [2.05, 4.69) is 10.6 Å². The van der Waals surface area contributed by atoms with Gasteiger partial charge in [0.15, 0.2) is 5.96 Å². The van der Waals surface area contributed by atoms with Crippen molar-refractivity contribution in [3.8, 4) is 0 Å². The van der Waals surface area contributed by atoms with Crippen molar-refractivity contribution in [2.24, 2.45) is 0 Å². The number of rotatable bonds is 3. The van der Waals surface area contributed by atoms with Gasteiger partial charge in [0, 0.05) is 7.92 Å². The standard InChI is InChI=1S/C11H16N4/c1-9(12)15-11(13)14-8-7-10-5-3-2-4-6-10/h2-6H,7-8H2,1H3,(H4,12,13,14,15)/i2D,3D,4D,5D,7D. The van der Waals surface area contributed by atoms with Crippen molar-refractivity contribution in [3.63, 3.8) is 0 Å². The highest BCUT2D eigenvalue weighted by Gasteiger charge is 1.95. The molecule has 0 aliphatic rings. The molecule has 1 aromatic carbocycles. The number of nitrogens with one attached hydrogen (secondary N) is 4. The van der Waals surface area contributed by atoms with E-state index in [0.29, 0.717) is 0 Å². The van der Waals surface area contributed by atoms with Crippen LogP contribution in [0.4, 0.5) is 0 Å². The van der Waals surface area contributed by atoms with E-state index >= 15 is 0 Å². The Hall–Kier alpha value is -1.84. The van der Waals surface area contributed by atoms with Gasteiger partial charge >= 0.3 is 0 Å². The van der Waals surface area contributed by atoms with Crippen molar-refractivity contribution in [1.82, 2.24) is 10.6 Å². The molecule has 15 heavy (non-hydrogen) atoms. The molecule has 0 amide bonds. The molecule has 4 heteroatoms. The lowest BCUT2D eigenvalue weighted by Gasteiger charge is -2.08. The second-order valence-corrected chi connectivity index (χ2v) is 2.83. The lowest BCUT2D eigenvalue weighted by molar-refractivity contribution is 0.842. The van der Waals surface area contributed by atoms with Crippen LogP contribution in [0.2, 0.25) is 0 Å². The van der Waals surface area contributed by atoms with Crippen molar-refractivity contribution < 1.29 is 6.85 Å². The third-order valence-corrected chi connectivity index (χ3v) is 1.48. The lowest BCUT2D eigenvalue weighted by atomic mass is 10.1. The van der Waals surface area contributed by atoms with Gasteiger partial charge in [0.05, 0.1) is 11.3 Å². The molecule has 4 N–H and O–H groups in total. The number of guanidine groups is 1. The molecule has 0 heterocycles. The minimum absolute atomic E-state index is 0.00121. The van der Waals surface area contributed by atoms with Crippen molar-refractivity contribution in [3.05, 3.63) is 35.8 Å². The molecule has 1 aromatic rings. The third kappa shape index (κ3) is 4.81. The first-order valence-corrected chi connectivity index (χ1v) is 4.38. The van der Waals surface area contributed by atoms with Crippen LogP contribution in [0.5, 0.6) is 0 Å². The van der Waals surface area contributed by atoms with Crippen molar-refractivity contribution in [1.29, 1.82) is 10.8 Å². The zero-order chi connectivity index (χ0) is 15.4. The predicted molar refractivity (Wildman–Crippen MR) is 62.4 cm³/mol. The fraction of sp³-hybridized carbons (Fsp3) is 0.273. The van der Waals surface area contributed by atoms with E-state index in [1.165, 1.54) is 13.0 Å². The number of amidine groups is 1. The van der Waals surface area contributed by atoms with E-state index in [-0.39, 0.29) is 48.1 Å². The van der Waals surface area contributed by atoms with Crippen molar-refractivity contribution >= 4 is 11.8 Å². The Morgan fingerprint density at radius 1 is 1.47 bits per heavy atom. The van der Waals surface area contributed by atoms with Gasteiger partial charge in [0.25, 0.3) is 0 Å². The summed E-state index contributed by atoms with van der Waals surface area (Å²) >= 11 is 0. The van der Waals surface area contributed by atoms with Crippen LogP contribution in [0.25, 0.3) is 0 Å². The van der Waals surface area contributed by atoms with E-state index in [4.69, 9.17) is 17.7 Å². The Morgan fingerprint density at radius 3 is 3.00 bits per heavy atom. The fourth-order valence-electron chi connectivity index (χ4n) is 0.894. The van der Waals surface area contributed by atoms with Crippen LogP contribution in [-0.2, 0) is 6.40 Å². The largest absolute Gasteiger partial charge is 0.356 e. The quantitative estimate of drug-likeness (QED) is 0.448. The topological polar surface area (TPSA) is 71.8 Å². The zero-order valence-corrected chi connectivity index (χ0v) is 8.36. The van der Waals surface area contributed by atoms with Crippen molar-refractivity contribution in [2.45, 2.75) is 13.3 Å². The summed E-state index contributed by atoms with van der Waals surface area (Å²) in [7, 11) is 0. The van der Waals surface area contributed by atoms with Crippen LogP contribution in [0.15, 0.2) is 30.2 Å². The fourth-order valence-corrected chi connectivity index (χ4v) is 0.894. The maximum absolute atomic E-state index is 7.90. The van der Waals surface area contributed by atoms with Gasteiger partial charge in [0.2, 0.25) is 0 Å². The van der Waals surface area contributed by atoms with Crippen LogP contribution in [0.3, 0.4) is 0 Å². The summed E-state index contributed by atoms with van der Waals surface area (Å²) in [5.41, 5.74) is 0.169. The lowest BCUT2D eigenvalue weighted by Crippen LogP contribution is -2.39. The average molecular weight is 209 g/mol. The van der Waals surface area contributed by atoms with E-state index in [1.54, 1.807) is 0 Å². The Morgan fingerprint density at radius 2 is 2.27 bits per heavy atom. The van der Waals surface area contributed by atoms with E-state index in [9.17, 15) is 0 Å². The van der Waals surface area contributed by atoms with Crippen LogP contribution in [0.1, 0.15) is 19.3 Å². The molecule has 0 aliphatic heterocycles. The molecule has 1 rings (SSSR count). The van der Waals surface area contributed by atoms with Crippen molar-refractivity contribution in [2.75, 3.05) is 6.54 Å². The van der Waals surface area contributed by atoms with E-state index in [0.717, 1.165) is 0 Å². The minimum atomic E-state index is -0.940. The van der Waals surface area contributed by atoms with Gasteiger partial charge in [0.1, 0.15) is 0 Å². The van der Waals surface area contributed by atoms with Crippen LogP contribution >= 0.6 is 0 Å². The van der Waals surface area contributed by atoms with Gasteiger partial charge in [-0.1, -0.05) is 30.2 Å². The van der Waals surface area contributed by atoms with Gasteiger partial charge in [-0.2, -0.15) is 0 Å². The maximum atomic E-state index is 7.90.